The van der Waals surface area contributed by atoms with Crippen LogP contribution < -0.4 is 4.74 Å². The summed E-state index contributed by atoms with van der Waals surface area (Å²) in [5, 5.41) is 18.0. The minimum atomic E-state index is -1.04. The zero-order valence-electron chi connectivity index (χ0n) is 10.7. The van der Waals surface area contributed by atoms with Gasteiger partial charge >= 0.3 is 5.97 Å². The number of carboxylic acid groups (broad SMARTS) is 1. The molecule has 0 aliphatic carbocycles. The minimum Gasteiger partial charge on any atom is -0.497 e. The van der Waals surface area contributed by atoms with Crippen LogP contribution in [0.25, 0.3) is 0 Å². The van der Waals surface area contributed by atoms with Gasteiger partial charge in [0.15, 0.2) is 0 Å². The van der Waals surface area contributed by atoms with Gasteiger partial charge < -0.3 is 9.84 Å². The van der Waals surface area contributed by atoms with E-state index in [0.717, 1.165) is 10.6 Å². The Morgan fingerprint density at radius 2 is 1.95 bits per heavy atom. The smallest absolute Gasteiger partial charge is 0.336 e. The van der Waals surface area contributed by atoms with Crippen LogP contribution in [0, 0.1) is 11.3 Å². The van der Waals surface area contributed by atoms with Crippen LogP contribution in [0.15, 0.2) is 52.3 Å². The third-order valence-corrected chi connectivity index (χ3v) is 3.71. The van der Waals surface area contributed by atoms with Gasteiger partial charge in [-0.05, 0) is 42.5 Å². The molecular weight excluding hydrogens is 274 g/mol. The summed E-state index contributed by atoms with van der Waals surface area (Å²) < 4.78 is 5.07. The fourth-order valence-electron chi connectivity index (χ4n) is 1.63. The Kier molecular flexibility index (Phi) is 4.28. The number of benzene rings is 2. The van der Waals surface area contributed by atoms with Crippen molar-refractivity contribution in [1.82, 2.24) is 0 Å². The number of carbonyl (C=O) groups is 1. The Morgan fingerprint density at radius 3 is 2.50 bits per heavy atom. The Morgan fingerprint density at radius 1 is 1.25 bits per heavy atom. The Labute approximate surface area is 120 Å². The SMILES string of the molecule is COc1ccc(Sc2ccc(C#N)cc2C(=O)O)cc1. The average molecular weight is 285 g/mol. The van der Waals surface area contributed by atoms with Crippen molar-refractivity contribution in [3.05, 3.63) is 53.6 Å². The molecule has 0 saturated carbocycles. The second-order valence-corrected chi connectivity index (χ2v) is 5.02. The highest BCUT2D eigenvalue weighted by molar-refractivity contribution is 7.99. The molecule has 0 aliphatic heterocycles. The van der Waals surface area contributed by atoms with E-state index < -0.39 is 5.97 Å². The van der Waals surface area contributed by atoms with Crippen LogP contribution in [0.1, 0.15) is 15.9 Å². The molecule has 2 aromatic rings. The summed E-state index contributed by atoms with van der Waals surface area (Å²) >= 11 is 1.34. The first kappa shape index (κ1) is 14.0. The number of nitriles is 1. The maximum atomic E-state index is 11.2. The van der Waals surface area contributed by atoms with Gasteiger partial charge in [0.1, 0.15) is 5.75 Å². The van der Waals surface area contributed by atoms with Gasteiger partial charge in [-0.1, -0.05) is 11.8 Å². The number of hydrogen-bond acceptors (Lipinski definition) is 4. The quantitative estimate of drug-likeness (QED) is 0.932. The summed E-state index contributed by atoms with van der Waals surface area (Å²) in [6.07, 6.45) is 0. The van der Waals surface area contributed by atoms with Crippen molar-refractivity contribution in [3.8, 4) is 11.8 Å². The van der Waals surface area contributed by atoms with Crippen molar-refractivity contribution in [2.24, 2.45) is 0 Å². The minimum absolute atomic E-state index is 0.130. The highest BCUT2D eigenvalue weighted by atomic mass is 32.2. The van der Waals surface area contributed by atoms with Crippen molar-refractivity contribution in [1.29, 1.82) is 5.26 Å². The van der Waals surface area contributed by atoms with Crippen molar-refractivity contribution in [2.75, 3.05) is 7.11 Å². The summed E-state index contributed by atoms with van der Waals surface area (Å²) in [5.74, 6) is -0.300. The van der Waals surface area contributed by atoms with E-state index in [0.29, 0.717) is 10.5 Å². The average Bonchev–Trinajstić information content (AvgIpc) is 2.48. The van der Waals surface area contributed by atoms with Crippen molar-refractivity contribution < 1.29 is 14.6 Å². The lowest BCUT2D eigenvalue weighted by atomic mass is 10.1. The standard InChI is InChI=1S/C15H11NO3S/c1-19-11-3-5-12(6-4-11)20-14-7-2-10(9-16)8-13(14)15(17)18/h2-8H,1H3,(H,17,18). The predicted octanol–water partition coefficient (Wildman–Crippen LogP) is 3.42. The lowest BCUT2D eigenvalue weighted by Gasteiger charge is -2.07. The second kappa shape index (κ2) is 6.13. The van der Waals surface area contributed by atoms with Crippen LogP contribution in [-0.4, -0.2) is 18.2 Å². The van der Waals surface area contributed by atoms with E-state index in [1.54, 1.807) is 19.2 Å². The van der Waals surface area contributed by atoms with E-state index >= 15 is 0 Å². The summed E-state index contributed by atoms with van der Waals surface area (Å²) in [5.41, 5.74) is 0.464. The number of aromatic carboxylic acids is 1. The molecule has 0 fully saturated rings. The lowest BCUT2D eigenvalue weighted by Crippen LogP contribution is -1.99. The highest BCUT2D eigenvalue weighted by Gasteiger charge is 2.12. The molecule has 1 N–H and O–H groups in total. The molecule has 0 aliphatic rings. The normalized spacial score (nSPS) is 9.80. The fraction of sp³-hybridized carbons (Fsp3) is 0.0667. The summed E-state index contributed by atoms with van der Waals surface area (Å²) in [6.45, 7) is 0. The van der Waals surface area contributed by atoms with Crippen LogP contribution in [-0.2, 0) is 0 Å². The van der Waals surface area contributed by atoms with Crippen molar-refractivity contribution >= 4 is 17.7 Å². The number of hydrogen-bond donors (Lipinski definition) is 1. The molecular formula is C15H11NO3S. The van der Waals surface area contributed by atoms with E-state index in [9.17, 15) is 9.90 Å². The first-order valence-electron chi connectivity index (χ1n) is 5.73. The fourth-order valence-corrected chi connectivity index (χ4v) is 2.54. The van der Waals surface area contributed by atoms with Gasteiger partial charge in [0.25, 0.3) is 0 Å². The number of ether oxygens (including phenoxy) is 1. The van der Waals surface area contributed by atoms with E-state index in [2.05, 4.69) is 0 Å². The number of rotatable bonds is 4. The van der Waals surface area contributed by atoms with Crippen LogP contribution >= 0.6 is 11.8 Å². The summed E-state index contributed by atoms with van der Waals surface area (Å²) in [6, 6.07) is 13.9. The molecule has 2 aromatic carbocycles. The van der Waals surface area contributed by atoms with Crippen molar-refractivity contribution in [2.45, 2.75) is 9.79 Å². The Hall–Kier alpha value is -2.45. The zero-order chi connectivity index (χ0) is 14.5. The van der Waals surface area contributed by atoms with Gasteiger partial charge in [-0.15, -0.1) is 0 Å². The van der Waals surface area contributed by atoms with Gasteiger partial charge in [0.05, 0.1) is 24.3 Å². The maximum absolute atomic E-state index is 11.2. The third kappa shape index (κ3) is 3.11. The van der Waals surface area contributed by atoms with Gasteiger partial charge in [-0.25, -0.2) is 4.79 Å². The van der Waals surface area contributed by atoms with E-state index in [1.807, 2.05) is 30.3 Å². The Balaban J connectivity index is 2.32. The maximum Gasteiger partial charge on any atom is 0.336 e. The molecule has 100 valence electrons. The molecule has 0 unspecified atom stereocenters. The largest absolute Gasteiger partial charge is 0.497 e. The van der Waals surface area contributed by atoms with Gasteiger partial charge in [0.2, 0.25) is 0 Å². The summed E-state index contributed by atoms with van der Waals surface area (Å²) in [4.78, 5) is 12.7. The van der Waals surface area contributed by atoms with Crippen LogP contribution in [0.4, 0.5) is 0 Å². The molecule has 0 amide bonds. The van der Waals surface area contributed by atoms with E-state index in [-0.39, 0.29) is 5.56 Å². The van der Waals surface area contributed by atoms with E-state index in [4.69, 9.17) is 10.00 Å². The molecule has 0 aromatic heterocycles. The van der Waals surface area contributed by atoms with Crippen LogP contribution in [0.5, 0.6) is 5.75 Å². The topological polar surface area (TPSA) is 70.3 Å². The molecule has 2 rings (SSSR count). The lowest BCUT2D eigenvalue weighted by molar-refractivity contribution is 0.0693. The number of nitrogens with zero attached hydrogens (tertiary/aromatic N) is 1. The van der Waals surface area contributed by atoms with E-state index in [1.165, 1.54) is 17.8 Å². The van der Waals surface area contributed by atoms with Gasteiger partial charge in [-0.2, -0.15) is 5.26 Å². The van der Waals surface area contributed by atoms with Gasteiger partial charge in [-0.3, -0.25) is 0 Å². The number of carboxylic acids is 1. The summed E-state index contributed by atoms with van der Waals surface area (Å²) in [7, 11) is 1.59. The van der Waals surface area contributed by atoms with Crippen LogP contribution in [0.3, 0.4) is 0 Å². The predicted molar refractivity (Wildman–Crippen MR) is 75.2 cm³/mol. The van der Waals surface area contributed by atoms with Crippen LogP contribution in [0.2, 0.25) is 0 Å². The second-order valence-electron chi connectivity index (χ2n) is 3.91. The molecule has 5 heteroatoms. The molecule has 0 saturated heterocycles. The Bertz CT molecular complexity index is 675. The molecule has 0 heterocycles. The zero-order valence-corrected chi connectivity index (χ0v) is 11.5. The molecule has 0 atom stereocenters. The first-order chi connectivity index (χ1) is 9.63. The molecule has 4 nitrogen and oxygen atoms in total. The van der Waals surface area contributed by atoms with Crippen molar-refractivity contribution in [3.63, 3.8) is 0 Å². The highest BCUT2D eigenvalue weighted by Crippen LogP contribution is 2.32. The molecule has 0 spiro atoms. The molecule has 20 heavy (non-hydrogen) atoms. The third-order valence-electron chi connectivity index (χ3n) is 2.63. The monoisotopic (exact) mass is 285 g/mol. The van der Waals surface area contributed by atoms with Gasteiger partial charge in [0, 0.05) is 9.79 Å². The number of methoxy groups -OCH3 is 1. The molecule has 0 radical (unpaired) electrons. The molecule has 0 bridgehead atoms. The first-order valence-corrected chi connectivity index (χ1v) is 6.55.